The Labute approximate surface area is 212 Å². The maximum absolute atomic E-state index is 15.1. The predicted molar refractivity (Wildman–Crippen MR) is 127 cm³/mol. The van der Waals surface area contributed by atoms with Crippen molar-refractivity contribution in [2.24, 2.45) is 0 Å². The van der Waals surface area contributed by atoms with Crippen molar-refractivity contribution in [1.29, 1.82) is 0 Å². The smallest absolute Gasteiger partial charge is 0.410 e. The SMILES string of the molecule is CC(C)(C)OC(=O)N1C2CC[C@@H]1C[C@H](OC(=O)c1c(-c3c(Cl)cccc3Cl)noc1C1(F)CC1)C2. The van der Waals surface area contributed by atoms with Gasteiger partial charge in [0, 0.05) is 30.5 Å². The molecule has 3 aliphatic rings. The fourth-order valence-corrected chi connectivity index (χ4v) is 5.64. The molecule has 35 heavy (non-hydrogen) atoms. The molecular weight excluding hydrogens is 498 g/mol. The van der Waals surface area contributed by atoms with Crippen molar-refractivity contribution < 1.29 is 28.0 Å². The summed E-state index contributed by atoms with van der Waals surface area (Å²) in [7, 11) is 0. The van der Waals surface area contributed by atoms with Crippen LogP contribution in [-0.2, 0) is 15.1 Å². The van der Waals surface area contributed by atoms with Crippen LogP contribution in [0, 0.1) is 0 Å². The van der Waals surface area contributed by atoms with Crippen molar-refractivity contribution in [3.63, 3.8) is 0 Å². The molecule has 2 aliphatic heterocycles. The molecule has 3 heterocycles. The topological polar surface area (TPSA) is 81.9 Å². The van der Waals surface area contributed by atoms with Crippen LogP contribution >= 0.6 is 23.2 Å². The van der Waals surface area contributed by atoms with Crippen LogP contribution < -0.4 is 0 Å². The summed E-state index contributed by atoms with van der Waals surface area (Å²) in [6.07, 6.45) is 2.25. The van der Waals surface area contributed by atoms with E-state index in [1.807, 2.05) is 20.8 Å². The third kappa shape index (κ3) is 4.62. The highest BCUT2D eigenvalue weighted by molar-refractivity contribution is 6.39. The molecule has 2 bridgehead atoms. The molecule has 0 radical (unpaired) electrons. The van der Waals surface area contributed by atoms with Gasteiger partial charge in [-0.05, 0) is 58.6 Å². The van der Waals surface area contributed by atoms with Crippen molar-refractivity contribution in [2.45, 2.75) is 88.8 Å². The highest BCUT2D eigenvalue weighted by Gasteiger charge is 2.53. The van der Waals surface area contributed by atoms with E-state index in [9.17, 15) is 9.59 Å². The molecule has 0 spiro atoms. The number of fused-ring (bicyclic) bond motifs is 2. The van der Waals surface area contributed by atoms with Gasteiger partial charge in [-0.3, -0.25) is 0 Å². The van der Waals surface area contributed by atoms with E-state index in [1.54, 1.807) is 23.1 Å². The summed E-state index contributed by atoms with van der Waals surface area (Å²) in [6, 6.07) is 4.71. The number of amides is 1. The number of hydrogen-bond donors (Lipinski definition) is 0. The zero-order valence-corrected chi connectivity index (χ0v) is 21.3. The van der Waals surface area contributed by atoms with Gasteiger partial charge in [-0.25, -0.2) is 14.0 Å². The molecule has 2 aromatic rings. The number of carbonyl (C=O) groups is 2. The van der Waals surface area contributed by atoms with E-state index in [4.69, 9.17) is 37.2 Å². The minimum atomic E-state index is -1.76. The summed E-state index contributed by atoms with van der Waals surface area (Å²) in [4.78, 5) is 27.9. The highest BCUT2D eigenvalue weighted by Crippen LogP contribution is 2.53. The Hall–Kier alpha value is -2.32. The Morgan fingerprint density at radius 1 is 1.14 bits per heavy atom. The van der Waals surface area contributed by atoms with Gasteiger partial charge >= 0.3 is 12.1 Å². The summed E-state index contributed by atoms with van der Waals surface area (Å²) in [5, 5.41) is 4.51. The maximum atomic E-state index is 15.1. The first-order chi connectivity index (χ1) is 16.5. The number of benzene rings is 1. The number of carbonyl (C=O) groups excluding carboxylic acids is 2. The molecule has 188 valence electrons. The lowest BCUT2D eigenvalue weighted by molar-refractivity contribution is -0.0227. The lowest BCUT2D eigenvalue weighted by Gasteiger charge is -2.39. The van der Waals surface area contributed by atoms with E-state index >= 15 is 4.39 Å². The molecular formula is C25H27Cl2FN2O5. The molecule has 7 nitrogen and oxygen atoms in total. The van der Waals surface area contributed by atoms with E-state index in [1.165, 1.54) is 0 Å². The molecule has 3 atom stereocenters. The first kappa shape index (κ1) is 24.4. The average Bonchev–Trinajstić information content (AvgIpc) is 3.23. The molecule has 5 rings (SSSR count). The van der Waals surface area contributed by atoms with Crippen LogP contribution in [0.2, 0.25) is 10.0 Å². The first-order valence-electron chi connectivity index (χ1n) is 11.8. The van der Waals surface area contributed by atoms with Crippen molar-refractivity contribution >= 4 is 35.3 Å². The van der Waals surface area contributed by atoms with Gasteiger partial charge in [-0.15, -0.1) is 0 Å². The summed E-state index contributed by atoms with van der Waals surface area (Å²) in [5.74, 6) is -0.881. The fourth-order valence-electron chi connectivity index (χ4n) is 5.06. The molecule has 3 fully saturated rings. The van der Waals surface area contributed by atoms with Crippen LogP contribution in [0.5, 0.6) is 0 Å². The fraction of sp³-hybridized carbons (Fsp3) is 0.560. The van der Waals surface area contributed by atoms with Gasteiger partial charge < -0.3 is 18.9 Å². The van der Waals surface area contributed by atoms with Crippen LogP contribution in [0.4, 0.5) is 9.18 Å². The number of aromatic nitrogens is 1. The zero-order chi connectivity index (χ0) is 25.1. The summed E-state index contributed by atoms with van der Waals surface area (Å²) < 4.78 is 31.9. The van der Waals surface area contributed by atoms with E-state index in [0.29, 0.717) is 18.4 Å². The standard InChI is InChI=1S/C25H27Cl2FN2O5/c1-24(2,3)34-23(32)30-13-7-8-14(30)12-15(11-13)33-22(31)19-20(18-16(26)5-4-6-17(18)27)29-35-21(19)25(28)9-10-25/h4-6,13-15H,7-12H2,1-3H3/t13-,14?,15+/m1/s1. The largest absolute Gasteiger partial charge is 0.458 e. The quantitative estimate of drug-likeness (QED) is 0.414. The number of alkyl halides is 1. The molecule has 1 aliphatic carbocycles. The minimum Gasteiger partial charge on any atom is -0.458 e. The third-order valence-corrected chi connectivity index (χ3v) is 7.39. The highest BCUT2D eigenvalue weighted by atomic mass is 35.5. The van der Waals surface area contributed by atoms with Crippen LogP contribution in [0.25, 0.3) is 11.3 Å². The van der Waals surface area contributed by atoms with Crippen LogP contribution in [0.1, 0.15) is 75.4 Å². The van der Waals surface area contributed by atoms with Crippen molar-refractivity contribution in [3.05, 3.63) is 39.6 Å². The molecule has 1 saturated carbocycles. The van der Waals surface area contributed by atoms with Crippen molar-refractivity contribution in [3.8, 4) is 11.3 Å². The van der Waals surface area contributed by atoms with Gasteiger partial charge in [0.25, 0.3) is 0 Å². The third-order valence-electron chi connectivity index (χ3n) is 6.76. The van der Waals surface area contributed by atoms with Gasteiger partial charge in [-0.2, -0.15) is 0 Å². The van der Waals surface area contributed by atoms with Gasteiger partial charge in [-0.1, -0.05) is 34.4 Å². The van der Waals surface area contributed by atoms with E-state index < -0.39 is 23.3 Å². The molecule has 1 unspecified atom stereocenters. The molecule has 2 saturated heterocycles. The Kier molecular flexibility index (Phi) is 6.03. The van der Waals surface area contributed by atoms with E-state index in [0.717, 1.165) is 12.8 Å². The van der Waals surface area contributed by atoms with Crippen molar-refractivity contribution in [2.75, 3.05) is 0 Å². The van der Waals surface area contributed by atoms with E-state index in [-0.39, 0.29) is 58.1 Å². The molecule has 0 N–H and O–H groups in total. The summed E-state index contributed by atoms with van der Waals surface area (Å²) >= 11 is 12.7. The Morgan fingerprint density at radius 3 is 2.29 bits per heavy atom. The second kappa shape index (κ2) is 8.66. The minimum absolute atomic E-state index is 0.0682. The molecule has 10 heteroatoms. The molecule has 1 aromatic heterocycles. The predicted octanol–water partition coefficient (Wildman–Crippen LogP) is 6.69. The summed E-state index contributed by atoms with van der Waals surface area (Å²) in [6.45, 7) is 5.49. The van der Waals surface area contributed by atoms with E-state index in [2.05, 4.69) is 5.16 Å². The second-order valence-corrected chi connectivity index (χ2v) is 11.4. The number of nitrogens with zero attached hydrogens (tertiary/aromatic N) is 2. The zero-order valence-electron chi connectivity index (χ0n) is 19.8. The van der Waals surface area contributed by atoms with Crippen molar-refractivity contribution in [1.82, 2.24) is 10.1 Å². The van der Waals surface area contributed by atoms with Crippen LogP contribution in [-0.4, -0.2) is 45.9 Å². The monoisotopic (exact) mass is 524 g/mol. The molecule has 1 aromatic carbocycles. The maximum Gasteiger partial charge on any atom is 0.410 e. The van der Waals surface area contributed by atoms with Gasteiger partial charge in [0.15, 0.2) is 11.4 Å². The molecule has 1 amide bonds. The Morgan fingerprint density at radius 2 is 1.74 bits per heavy atom. The number of piperidine rings is 1. The summed E-state index contributed by atoms with van der Waals surface area (Å²) in [5.41, 5.74) is -2.07. The number of ether oxygens (including phenoxy) is 2. The van der Waals surface area contributed by atoms with Crippen LogP contribution in [0.3, 0.4) is 0 Å². The van der Waals surface area contributed by atoms with Gasteiger partial charge in [0.1, 0.15) is 23.0 Å². The van der Waals surface area contributed by atoms with Crippen LogP contribution in [0.15, 0.2) is 22.7 Å². The number of halogens is 3. The lowest BCUT2D eigenvalue weighted by Crippen LogP contribution is -2.50. The first-order valence-corrected chi connectivity index (χ1v) is 12.6. The lowest BCUT2D eigenvalue weighted by atomic mass is 9.99. The van der Waals surface area contributed by atoms with Gasteiger partial charge in [0.05, 0.1) is 10.0 Å². The number of esters is 1. The Balaban J connectivity index is 1.39. The second-order valence-electron chi connectivity index (χ2n) is 10.6. The van der Waals surface area contributed by atoms with Gasteiger partial charge in [0.2, 0.25) is 0 Å². The average molecular weight is 525 g/mol. The Bertz CT molecular complexity index is 1140. The number of hydrogen-bond acceptors (Lipinski definition) is 6. The number of rotatable bonds is 4. The normalized spacial score (nSPS) is 24.9.